The molecule has 0 radical (unpaired) electrons. The summed E-state index contributed by atoms with van der Waals surface area (Å²) in [4.78, 5) is 2.48. The van der Waals surface area contributed by atoms with Crippen LogP contribution in [0.4, 0.5) is 0 Å². The first-order chi connectivity index (χ1) is 10.6. The van der Waals surface area contributed by atoms with Crippen LogP contribution in [-0.4, -0.2) is 30.6 Å². The Kier molecular flexibility index (Phi) is 6.59. The maximum Gasteiger partial charge on any atom is 0.0451 e. The van der Waals surface area contributed by atoms with Gasteiger partial charge in [-0.1, -0.05) is 31.5 Å². The molecule has 0 aromatic carbocycles. The van der Waals surface area contributed by atoms with Gasteiger partial charge in [0.15, 0.2) is 0 Å². The molecule has 0 fully saturated rings. The van der Waals surface area contributed by atoms with Crippen molar-refractivity contribution >= 4 is 11.6 Å². The van der Waals surface area contributed by atoms with Gasteiger partial charge in [-0.25, -0.2) is 0 Å². The molecule has 0 unspecified atom stereocenters. The van der Waals surface area contributed by atoms with E-state index in [2.05, 4.69) is 48.5 Å². The molecule has 0 aromatic heterocycles. The molecule has 2 rings (SSSR count). The highest BCUT2D eigenvalue weighted by Crippen LogP contribution is 2.28. The van der Waals surface area contributed by atoms with E-state index in [4.69, 9.17) is 11.6 Å². The van der Waals surface area contributed by atoms with Gasteiger partial charge in [0.2, 0.25) is 0 Å². The second kappa shape index (κ2) is 8.44. The van der Waals surface area contributed by atoms with Crippen LogP contribution in [-0.2, 0) is 0 Å². The number of fused-ring (bicyclic) bond motifs is 1. The highest BCUT2D eigenvalue weighted by atomic mass is 35.5. The fourth-order valence-corrected chi connectivity index (χ4v) is 3.11. The molecule has 1 aliphatic carbocycles. The number of nitrogens with zero attached hydrogens (tertiary/aromatic N) is 1. The van der Waals surface area contributed by atoms with Crippen LogP contribution in [0.5, 0.6) is 0 Å². The number of allylic oxidation sites excluding steroid dienone is 5. The number of hydrogen-bond donors (Lipinski definition) is 2. The maximum atomic E-state index is 6.09. The summed E-state index contributed by atoms with van der Waals surface area (Å²) in [5.41, 5.74) is 3.65. The number of halogens is 1. The van der Waals surface area contributed by atoms with Crippen molar-refractivity contribution in [2.24, 2.45) is 0 Å². The summed E-state index contributed by atoms with van der Waals surface area (Å²) in [5.74, 6) is 0. The minimum absolute atomic E-state index is 0.475. The van der Waals surface area contributed by atoms with E-state index < -0.39 is 0 Å². The van der Waals surface area contributed by atoms with Crippen LogP contribution in [0.3, 0.4) is 0 Å². The topological polar surface area (TPSA) is 27.3 Å². The van der Waals surface area contributed by atoms with Crippen molar-refractivity contribution in [2.45, 2.75) is 46.1 Å². The molecule has 122 valence electrons. The van der Waals surface area contributed by atoms with Crippen LogP contribution in [0.15, 0.2) is 46.4 Å². The molecule has 0 saturated carbocycles. The Balaban J connectivity index is 1.87. The SMILES string of the molecule is CCN(CC)CCC[C@@H](C)NC1=C2CC=C(Cl)C=C2NC=C1. The van der Waals surface area contributed by atoms with Crippen molar-refractivity contribution in [3.8, 4) is 0 Å². The van der Waals surface area contributed by atoms with Crippen molar-refractivity contribution < 1.29 is 0 Å². The first kappa shape index (κ1) is 17.2. The molecule has 2 N–H and O–H groups in total. The lowest BCUT2D eigenvalue weighted by Gasteiger charge is -2.26. The number of rotatable bonds is 8. The first-order valence-corrected chi connectivity index (χ1v) is 8.74. The summed E-state index contributed by atoms with van der Waals surface area (Å²) < 4.78 is 0. The Morgan fingerprint density at radius 1 is 1.36 bits per heavy atom. The Morgan fingerprint density at radius 2 is 2.14 bits per heavy atom. The molecule has 0 amide bonds. The maximum absolute atomic E-state index is 6.09. The summed E-state index contributed by atoms with van der Waals surface area (Å²) in [5, 5.41) is 7.76. The Hall–Kier alpha value is -1.19. The normalized spacial score (nSPS) is 18.6. The standard InChI is InChI=1S/C18H28ClN3/c1-4-22(5-2)12-6-7-14(3)21-17-10-11-20-18-13-15(19)8-9-16(17)18/h8,10-11,13-14,20-21H,4-7,9,12H2,1-3H3/t14-/m1/s1. The van der Waals surface area contributed by atoms with Gasteiger partial charge in [-0.05, 0) is 58.0 Å². The van der Waals surface area contributed by atoms with Gasteiger partial charge in [0.1, 0.15) is 0 Å². The molecule has 2 aliphatic rings. The molecule has 22 heavy (non-hydrogen) atoms. The van der Waals surface area contributed by atoms with Crippen LogP contribution in [0, 0.1) is 0 Å². The van der Waals surface area contributed by atoms with E-state index in [-0.39, 0.29) is 0 Å². The lowest BCUT2D eigenvalue weighted by molar-refractivity contribution is 0.292. The first-order valence-electron chi connectivity index (χ1n) is 8.36. The second-order valence-corrected chi connectivity index (χ2v) is 6.37. The third-order valence-electron chi connectivity index (χ3n) is 4.33. The van der Waals surface area contributed by atoms with Gasteiger partial charge in [-0.3, -0.25) is 0 Å². The van der Waals surface area contributed by atoms with E-state index in [1.165, 1.54) is 30.7 Å². The minimum atomic E-state index is 0.475. The molecule has 4 heteroatoms. The Labute approximate surface area is 139 Å². The van der Waals surface area contributed by atoms with Crippen LogP contribution >= 0.6 is 11.6 Å². The van der Waals surface area contributed by atoms with Gasteiger partial charge in [-0.2, -0.15) is 0 Å². The summed E-state index contributed by atoms with van der Waals surface area (Å²) >= 11 is 6.09. The van der Waals surface area contributed by atoms with Crippen LogP contribution < -0.4 is 10.6 Å². The minimum Gasteiger partial charge on any atom is -0.382 e. The fraction of sp³-hybridized carbons (Fsp3) is 0.556. The highest BCUT2D eigenvalue weighted by molar-refractivity contribution is 6.31. The lowest BCUT2D eigenvalue weighted by Crippen LogP contribution is -2.31. The third kappa shape index (κ3) is 4.65. The van der Waals surface area contributed by atoms with Crippen molar-refractivity contribution in [2.75, 3.05) is 19.6 Å². The van der Waals surface area contributed by atoms with E-state index in [0.29, 0.717) is 6.04 Å². The third-order valence-corrected chi connectivity index (χ3v) is 4.59. The Morgan fingerprint density at radius 3 is 2.86 bits per heavy atom. The molecule has 1 heterocycles. The quantitative estimate of drug-likeness (QED) is 0.710. The van der Waals surface area contributed by atoms with E-state index in [0.717, 1.165) is 30.2 Å². The largest absolute Gasteiger partial charge is 0.382 e. The van der Waals surface area contributed by atoms with Crippen molar-refractivity contribution in [1.29, 1.82) is 0 Å². The summed E-state index contributed by atoms with van der Waals surface area (Å²) in [6, 6.07) is 0.475. The smallest absolute Gasteiger partial charge is 0.0451 e. The van der Waals surface area contributed by atoms with Crippen molar-refractivity contribution in [1.82, 2.24) is 15.5 Å². The van der Waals surface area contributed by atoms with E-state index in [1.54, 1.807) is 0 Å². The second-order valence-electron chi connectivity index (χ2n) is 5.94. The van der Waals surface area contributed by atoms with Crippen molar-refractivity contribution in [3.05, 3.63) is 46.4 Å². The number of hydrogen-bond acceptors (Lipinski definition) is 3. The number of dihydropyridines is 1. The molecule has 0 spiro atoms. The van der Waals surface area contributed by atoms with Gasteiger partial charge in [0.25, 0.3) is 0 Å². The monoisotopic (exact) mass is 321 g/mol. The summed E-state index contributed by atoms with van der Waals surface area (Å²) in [6.45, 7) is 10.2. The molecule has 0 bridgehead atoms. The van der Waals surface area contributed by atoms with E-state index in [1.807, 2.05) is 12.3 Å². The summed E-state index contributed by atoms with van der Waals surface area (Å²) in [6.07, 6.45) is 11.5. The van der Waals surface area contributed by atoms with Crippen molar-refractivity contribution in [3.63, 3.8) is 0 Å². The molecule has 3 nitrogen and oxygen atoms in total. The summed E-state index contributed by atoms with van der Waals surface area (Å²) in [7, 11) is 0. The zero-order valence-electron chi connectivity index (χ0n) is 14.0. The predicted octanol–water partition coefficient (Wildman–Crippen LogP) is 3.87. The molecular formula is C18H28ClN3. The van der Waals surface area contributed by atoms with Crippen LogP contribution in [0.25, 0.3) is 0 Å². The fourth-order valence-electron chi connectivity index (χ4n) is 2.93. The Bertz CT molecular complexity index is 498. The molecular weight excluding hydrogens is 294 g/mol. The van der Waals surface area contributed by atoms with E-state index in [9.17, 15) is 0 Å². The molecule has 1 aliphatic heterocycles. The average Bonchev–Trinajstić information content (AvgIpc) is 2.51. The van der Waals surface area contributed by atoms with Gasteiger partial charge < -0.3 is 15.5 Å². The number of nitrogens with one attached hydrogen (secondary N) is 2. The van der Waals surface area contributed by atoms with Crippen LogP contribution in [0.2, 0.25) is 0 Å². The highest BCUT2D eigenvalue weighted by Gasteiger charge is 2.17. The zero-order valence-corrected chi connectivity index (χ0v) is 14.7. The van der Waals surface area contributed by atoms with Gasteiger partial charge in [-0.15, -0.1) is 0 Å². The lowest BCUT2D eigenvalue weighted by atomic mass is 9.98. The van der Waals surface area contributed by atoms with Gasteiger partial charge in [0, 0.05) is 34.2 Å². The van der Waals surface area contributed by atoms with E-state index >= 15 is 0 Å². The van der Waals surface area contributed by atoms with Gasteiger partial charge in [0.05, 0.1) is 0 Å². The molecule has 0 aromatic rings. The average molecular weight is 322 g/mol. The molecule has 0 saturated heterocycles. The predicted molar refractivity (Wildman–Crippen MR) is 95.6 cm³/mol. The van der Waals surface area contributed by atoms with Crippen LogP contribution in [0.1, 0.15) is 40.0 Å². The van der Waals surface area contributed by atoms with Gasteiger partial charge >= 0.3 is 0 Å². The zero-order chi connectivity index (χ0) is 15.9. The molecule has 1 atom stereocenters.